The first-order valence-corrected chi connectivity index (χ1v) is 18.0. The third kappa shape index (κ3) is 5.71. The zero-order chi connectivity index (χ0) is 40.1. The van der Waals surface area contributed by atoms with Crippen LogP contribution in [0.2, 0.25) is 0 Å². The van der Waals surface area contributed by atoms with Gasteiger partial charge in [0.15, 0.2) is 5.82 Å². The van der Waals surface area contributed by atoms with Crippen LogP contribution in [0.15, 0.2) is 37.1 Å². The number of halogens is 8. The fourth-order valence-corrected chi connectivity index (χ4v) is 9.44. The highest BCUT2D eigenvalue weighted by molar-refractivity contribution is 7.23. The van der Waals surface area contributed by atoms with Crippen molar-refractivity contribution in [3.05, 3.63) is 71.2 Å². The van der Waals surface area contributed by atoms with Gasteiger partial charge < -0.3 is 26.6 Å². The second kappa shape index (κ2) is 12.8. The minimum atomic E-state index is -5.48. The first-order valence-electron chi connectivity index (χ1n) is 17.2. The Balaban J connectivity index is 1.36. The van der Waals surface area contributed by atoms with E-state index < -0.39 is 103 Å². The van der Waals surface area contributed by atoms with E-state index in [0.29, 0.717) is 30.7 Å². The lowest BCUT2D eigenvalue weighted by atomic mass is 9.89. The van der Waals surface area contributed by atoms with E-state index in [0.717, 1.165) is 24.4 Å². The molecule has 5 heterocycles. The highest BCUT2D eigenvalue weighted by atomic mass is 32.1. The number of nitrogen functional groups attached to an aromatic ring is 2. The molecule has 1 spiro atoms. The summed E-state index contributed by atoms with van der Waals surface area (Å²) >= 11 is 0.569. The number of nitrogens with zero attached hydrogens (tertiary/aromatic N) is 5. The molecule has 6 N–H and O–H groups in total. The molecule has 3 aliphatic rings. The molecule has 0 bridgehead atoms. The van der Waals surface area contributed by atoms with E-state index in [4.69, 9.17) is 16.2 Å². The molecule has 2 aromatic carbocycles. The molecule has 292 valence electrons. The average Bonchev–Trinajstić information content (AvgIpc) is 3.46. The maximum absolute atomic E-state index is 17.3. The standard InChI is InChI=1S/C37H30F8N8O2S/c1-2-4-21(18-9-16(38)11-49-30(18)47)50-32-24-27(51-33(52-32)55-15-35-7-3-8-53(35)14-34(12-35)13-36(34,41)42)26(40)23(25(28(24)54)37(43,44)45)17-5-6-20(39)29-22(17)19(10-46)31(48)56-29/h2,5-6,9,11,21,54H,1,3-4,7-8,12-15,48H2,(H2,47,49)(H,50,51,52)/t21-,34+,35+/m1/s1. The van der Waals surface area contributed by atoms with Crippen molar-refractivity contribution in [1.82, 2.24) is 19.9 Å². The number of nitrogens with one attached hydrogen (secondary N) is 1. The summed E-state index contributed by atoms with van der Waals surface area (Å²) in [5.41, 5.74) is 4.81. The SMILES string of the molecule is C=CC[C@@H](Nc1nc(OC[C@@]23CCCN2C[C@@]2(CC2(F)F)C3)nc2c(F)c(-c3ccc(F)c4sc(N)c(C#N)c34)c(C(F)(F)F)c(O)c12)c1cc(F)cnc1N. The van der Waals surface area contributed by atoms with Gasteiger partial charge >= 0.3 is 12.2 Å². The molecule has 19 heteroatoms. The Morgan fingerprint density at radius 1 is 1.16 bits per heavy atom. The van der Waals surface area contributed by atoms with Crippen LogP contribution < -0.4 is 21.5 Å². The zero-order valence-corrected chi connectivity index (χ0v) is 29.8. The number of benzene rings is 2. The molecule has 56 heavy (non-hydrogen) atoms. The monoisotopic (exact) mass is 802 g/mol. The van der Waals surface area contributed by atoms with E-state index in [9.17, 15) is 23.5 Å². The lowest BCUT2D eigenvalue weighted by Gasteiger charge is -2.31. The number of alkyl halides is 5. The van der Waals surface area contributed by atoms with E-state index in [-0.39, 0.29) is 53.5 Å². The van der Waals surface area contributed by atoms with Crippen LogP contribution in [-0.4, -0.2) is 56.1 Å². The molecule has 2 saturated heterocycles. The molecular weight excluding hydrogens is 773 g/mol. The highest BCUT2D eigenvalue weighted by Gasteiger charge is 2.77. The fourth-order valence-electron chi connectivity index (χ4n) is 8.49. The Morgan fingerprint density at radius 2 is 1.91 bits per heavy atom. The first kappa shape index (κ1) is 37.4. The Hall–Kier alpha value is -5.48. The largest absolute Gasteiger partial charge is 0.506 e. The number of aromatic hydroxyl groups is 1. The molecule has 1 saturated carbocycles. The Bertz CT molecular complexity index is 2520. The molecule has 0 unspecified atom stereocenters. The van der Waals surface area contributed by atoms with Crippen molar-refractivity contribution in [3.63, 3.8) is 0 Å². The van der Waals surface area contributed by atoms with Gasteiger partial charge in [-0.2, -0.15) is 28.4 Å². The third-order valence-electron chi connectivity index (χ3n) is 11.1. The normalized spacial score (nSPS) is 22.1. The first-order chi connectivity index (χ1) is 26.4. The zero-order valence-electron chi connectivity index (χ0n) is 29.0. The third-order valence-corrected chi connectivity index (χ3v) is 12.1. The molecule has 0 radical (unpaired) electrons. The molecule has 3 fully saturated rings. The summed E-state index contributed by atoms with van der Waals surface area (Å²) in [4.78, 5) is 14.1. The molecule has 3 aromatic heterocycles. The Labute approximate surface area is 316 Å². The minimum Gasteiger partial charge on any atom is -0.506 e. The van der Waals surface area contributed by atoms with Crippen LogP contribution in [0, 0.1) is 34.2 Å². The predicted molar refractivity (Wildman–Crippen MR) is 191 cm³/mol. The van der Waals surface area contributed by atoms with Crippen molar-refractivity contribution >= 4 is 49.0 Å². The van der Waals surface area contributed by atoms with Crippen LogP contribution in [-0.2, 0) is 6.18 Å². The van der Waals surface area contributed by atoms with Crippen molar-refractivity contribution in [3.8, 4) is 29.0 Å². The summed E-state index contributed by atoms with van der Waals surface area (Å²) in [7, 11) is 0. The summed E-state index contributed by atoms with van der Waals surface area (Å²) in [6, 6.07) is 2.63. The van der Waals surface area contributed by atoms with Crippen molar-refractivity contribution in [1.29, 1.82) is 5.26 Å². The van der Waals surface area contributed by atoms with Crippen molar-refractivity contribution < 1.29 is 45.0 Å². The van der Waals surface area contributed by atoms with E-state index >= 15 is 22.0 Å². The van der Waals surface area contributed by atoms with Crippen molar-refractivity contribution in [2.24, 2.45) is 5.41 Å². The van der Waals surface area contributed by atoms with Crippen molar-refractivity contribution in [2.45, 2.75) is 55.8 Å². The van der Waals surface area contributed by atoms with E-state index in [1.807, 2.05) is 4.90 Å². The molecule has 0 amide bonds. The quantitative estimate of drug-likeness (QED) is 0.0842. The second-order valence-corrected chi connectivity index (χ2v) is 15.5. The van der Waals surface area contributed by atoms with Gasteiger partial charge in [0.1, 0.15) is 57.8 Å². The number of anilines is 3. The van der Waals surface area contributed by atoms with Crippen molar-refractivity contribution in [2.75, 3.05) is 36.5 Å². The van der Waals surface area contributed by atoms with Crippen LogP contribution >= 0.6 is 11.3 Å². The van der Waals surface area contributed by atoms with Crippen LogP contribution in [0.1, 0.15) is 54.8 Å². The number of nitriles is 1. The molecule has 10 nitrogen and oxygen atoms in total. The van der Waals surface area contributed by atoms with Gasteiger partial charge in [-0.1, -0.05) is 12.1 Å². The summed E-state index contributed by atoms with van der Waals surface area (Å²) in [5, 5.41) is 22.8. The van der Waals surface area contributed by atoms with Gasteiger partial charge in [-0.15, -0.1) is 17.9 Å². The molecule has 8 rings (SSSR count). The van der Waals surface area contributed by atoms with Gasteiger partial charge in [0.25, 0.3) is 5.92 Å². The highest BCUT2D eigenvalue weighted by Crippen LogP contribution is 2.69. The number of rotatable bonds is 9. The average molecular weight is 803 g/mol. The Kier molecular flexibility index (Phi) is 8.54. The van der Waals surface area contributed by atoms with Gasteiger partial charge in [0.05, 0.1) is 38.8 Å². The van der Waals surface area contributed by atoms with Gasteiger partial charge in [-0.3, -0.25) is 4.90 Å². The number of aromatic nitrogens is 3. The minimum absolute atomic E-state index is 0.0154. The van der Waals surface area contributed by atoms with Gasteiger partial charge in [0, 0.05) is 29.5 Å². The second-order valence-electron chi connectivity index (χ2n) is 14.5. The molecule has 1 aliphatic carbocycles. The number of nitrogens with two attached hydrogens (primary N) is 2. The summed E-state index contributed by atoms with van der Waals surface area (Å²) in [6.45, 7) is 4.09. The van der Waals surface area contributed by atoms with Gasteiger partial charge in [-0.05, 0) is 49.9 Å². The smallest absolute Gasteiger partial charge is 0.420 e. The molecular formula is C37H30F8N8O2S. The number of pyridine rings is 1. The van der Waals surface area contributed by atoms with Gasteiger partial charge in [0.2, 0.25) is 0 Å². The number of fused-ring (bicyclic) bond motifs is 3. The number of thiophene rings is 1. The molecule has 3 atom stereocenters. The lowest BCUT2D eigenvalue weighted by molar-refractivity contribution is -0.138. The predicted octanol–water partition coefficient (Wildman–Crippen LogP) is 8.46. The molecule has 5 aromatic rings. The van der Waals surface area contributed by atoms with Crippen LogP contribution in [0.4, 0.5) is 51.8 Å². The van der Waals surface area contributed by atoms with E-state index in [2.05, 4.69) is 26.8 Å². The van der Waals surface area contributed by atoms with E-state index in [1.54, 1.807) is 6.07 Å². The number of hydrogen-bond acceptors (Lipinski definition) is 11. The van der Waals surface area contributed by atoms with Crippen LogP contribution in [0.5, 0.6) is 11.8 Å². The van der Waals surface area contributed by atoms with Crippen LogP contribution in [0.25, 0.3) is 32.1 Å². The van der Waals surface area contributed by atoms with E-state index in [1.165, 1.54) is 6.08 Å². The summed E-state index contributed by atoms with van der Waals surface area (Å²) in [5.74, 6) is -8.60. The maximum Gasteiger partial charge on any atom is 0.420 e. The lowest BCUT2D eigenvalue weighted by Crippen LogP contribution is -2.43. The van der Waals surface area contributed by atoms with Gasteiger partial charge in [-0.25, -0.2) is 26.9 Å². The molecule has 2 aliphatic heterocycles. The van der Waals surface area contributed by atoms with Crippen LogP contribution in [0.3, 0.4) is 0 Å². The fraction of sp³-hybridized carbons (Fsp3) is 0.351. The summed E-state index contributed by atoms with van der Waals surface area (Å²) in [6.07, 6.45) is -2.36. The number of phenolic OH excluding ortho intramolecular Hbond substituents is 1. The number of hydrogen-bond donors (Lipinski definition) is 4. The summed E-state index contributed by atoms with van der Waals surface area (Å²) < 4.78 is 127. The maximum atomic E-state index is 17.3. The Morgan fingerprint density at radius 3 is 2.59 bits per heavy atom. The topological polar surface area (TPSA) is 159 Å². The number of phenols is 1. The number of ether oxygens (including phenoxy) is 1.